The van der Waals surface area contributed by atoms with Crippen LogP contribution >= 0.6 is 0 Å². The van der Waals surface area contributed by atoms with Gasteiger partial charge in [0.25, 0.3) is 11.8 Å². The number of hydrogen-bond donors (Lipinski definition) is 0. The average molecular weight is 316 g/mol. The number of nitrogens with zero attached hydrogens (tertiary/aromatic N) is 1. The Morgan fingerprint density at radius 2 is 1.29 bits per heavy atom. The minimum Gasteiger partial charge on any atom is -0.748 e. The summed E-state index contributed by atoms with van der Waals surface area (Å²) in [4.78, 5) is 24.7. The summed E-state index contributed by atoms with van der Waals surface area (Å²) in [5.74, 6) is -1.60. The van der Waals surface area contributed by atoms with Crippen molar-refractivity contribution in [2.75, 3.05) is 0 Å². The highest BCUT2D eigenvalue weighted by atomic mass is 32.2. The summed E-state index contributed by atoms with van der Waals surface area (Å²) in [6, 6.07) is 0. The molecule has 0 aromatic rings. The Morgan fingerprint density at radius 1 is 0.857 bits per heavy atom. The third-order valence-electron chi connectivity index (χ3n) is 4.45. The Morgan fingerprint density at radius 3 is 1.71 bits per heavy atom. The smallest absolute Gasteiger partial charge is 0.257 e. The van der Waals surface area contributed by atoms with E-state index in [2.05, 4.69) is 4.28 Å². The molecule has 0 aromatic carbocycles. The third kappa shape index (κ3) is 4.59. The molecule has 2 amide bonds. The van der Waals surface area contributed by atoms with Crippen LogP contribution in [0.3, 0.4) is 0 Å². The fourth-order valence-corrected chi connectivity index (χ4v) is 3.52. The first-order chi connectivity index (χ1) is 10.1. The lowest BCUT2D eigenvalue weighted by Crippen LogP contribution is -2.41. The van der Waals surface area contributed by atoms with Gasteiger partial charge in [0.05, 0.1) is 0 Å². The minimum absolute atomic E-state index is 0.304. The average Bonchev–Trinajstić information content (AvgIpc) is 2.52. The molecule has 1 aliphatic carbocycles. The van der Waals surface area contributed by atoms with Gasteiger partial charge in [0.2, 0.25) is 0 Å². The fourth-order valence-electron chi connectivity index (χ4n) is 3.25. The van der Waals surface area contributed by atoms with E-state index >= 15 is 0 Å². The van der Waals surface area contributed by atoms with Crippen LogP contribution in [0.2, 0.25) is 0 Å². The molecule has 2 unspecified atom stereocenters. The largest absolute Gasteiger partial charge is 0.748 e. The third-order valence-corrected chi connectivity index (χ3v) is 4.72. The van der Waals surface area contributed by atoms with E-state index in [0.717, 1.165) is 38.5 Å². The van der Waals surface area contributed by atoms with Crippen LogP contribution in [0.25, 0.3) is 0 Å². The second-order valence-electron chi connectivity index (χ2n) is 5.92. The summed E-state index contributed by atoms with van der Waals surface area (Å²) in [7, 11) is 0. The van der Waals surface area contributed by atoms with Crippen molar-refractivity contribution in [3.8, 4) is 0 Å². The number of fused-ring (bicyclic) bond motifs is 3. The molecule has 1 saturated carbocycles. The Labute approximate surface area is 127 Å². The summed E-state index contributed by atoms with van der Waals surface area (Å²) < 4.78 is 26.0. The SMILES string of the molecule is O=C1C2CCCCCCCC[C@@H](CC2)C(=O)N1OS(=O)[O-]. The highest BCUT2D eigenvalue weighted by molar-refractivity contribution is 7.74. The summed E-state index contributed by atoms with van der Waals surface area (Å²) in [5.41, 5.74) is 0. The summed E-state index contributed by atoms with van der Waals surface area (Å²) >= 11 is -2.91. The van der Waals surface area contributed by atoms with Gasteiger partial charge in [-0.05, 0) is 25.7 Å². The van der Waals surface area contributed by atoms with E-state index in [1.165, 1.54) is 0 Å². The maximum Gasteiger partial charge on any atom is 0.257 e. The zero-order chi connectivity index (χ0) is 15.2. The van der Waals surface area contributed by atoms with Crippen molar-refractivity contribution < 1.29 is 22.6 Å². The van der Waals surface area contributed by atoms with Crippen LogP contribution in [0.4, 0.5) is 0 Å². The molecule has 2 fully saturated rings. The summed E-state index contributed by atoms with van der Waals surface area (Å²) in [6.45, 7) is 0. The zero-order valence-electron chi connectivity index (χ0n) is 12.1. The maximum absolute atomic E-state index is 12.4. The molecule has 1 heterocycles. The van der Waals surface area contributed by atoms with Gasteiger partial charge < -0.3 is 4.55 Å². The molecule has 21 heavy (non-hydrogen) atoms. The van der Waals surface area contributed by atoms with Gasteiger partial charge in [-0.15, -0.1) is 5.06 Å². The van der Waals surface area contributed by atoms with Gasteiger partial charge in [-0.2, -0.15) is 4.28 Å². The molecule has 0 N–H and O–H groups in total. The van der Waals surface area contributed by atoms with Crippen molar-refractivity contribution in [1.29, 1.82) is 0 Å². The van der Waals surface area contributed by atoms with Gasteiger partial charge in [0.15, 0.2) is 0 Å². The van der Waals surface area contributed by atoms with Gasteiger partial charge in [-0.25, -0.2) is 4.21 Å². The van der Waals surface area contributed by atoms with E-state index in [0.29, 0.717) is 30.7 Å². The van der Waals surface area contributed by atoms with Crippen LogP contribution in [0.1, 0.15) is 64.2 Å². The predicted molar refractivity (Wildman–Crippen MR) is 75.0 cm³/mol. The van der Waals surface area contributed by atoms with E-state index in [9.17, 15) is 18.4 Å². The van der Waals surface area contributed by atoms with Crippen molar-refractivity contribution in [3.05, 3.63) is 0 Å². The van der Waals surface area contributed by atoms with Gasteiger partial charge in [0.1, 0.15) is 11.4 Å². The normalized spacial score (nSPS) is 30.4. The Kier molecular flexibility index (Phi) is 6.32. The first-order valence-electron chi connectivity index (χ1n) is 7.75. The van der Waals surface area contributed by atoms with Crippen LogP contribution < -0.4 is 0 Å². The quantitative estimate of drug-likeness (QED) is 0.576. The molecule has 0 aromatic heterocycles. The van der Waals surface area contributed by atoms with Crippen molar-refractivity contribution >= 4 is 23.2 Å². The first-order valence-corrected chi connectivity index (χ1v) is 8.75. The topological polar surface area (TPSA) is 86.7 Å². The summed E-state index contributed by atoms with van der Waals surface area (Å²) in [6.07, 6.45) is 9.02. The lowest BCUT2D eigenvalue weighted by molar-refractivity contribution is -0.175. The minimum atomic E-state index is -2.91. The van der Waals surface area contributed by atoms with Crippen LogP contribution in [-0.2, 0) is 25.2 Å². The van der Waals surface area contributed by atoms with E-state index < -0.39 is 23.2 Å². The van der Waals surface area contributed by atoms with Gasteiger partial charge in [-0.1, -0.05) is 38.5 Å². The maximum atomic E-state index is 12.4. The highest BCUT2D eigenvalue weighted by Gasteiger charge is 2.38. The second-order valence-corrected chi connectivity index (χ2v) is 6.48. The van der Waals surface area contributed by atoms with Crippen LogP contribution in [0.15, 0.2) is 0 Å². The molecule has 2 aliphatic rings. The van der Waals surface area contributed by atoms with Gasteiger partial charge in [0, 0.05) is 11.8 Å². The first kappa shape index (κ1) is 16.6. The molecule has 7 heteroatoms. The van der Waals surface area contributed by atoms with Gasteiger partial charge >= 0.3 is 0 Å². The molecular formula is C14H22NO5S-. The van der Waals surface area contributed by atoms with Crippen molar-refractivity contribution in [2.45, 2.75) is 64.2 Å². The molecule has 2 bridgehead atoms. The lowest BCUT2D eigenvalue weighted by atomic mass is 9.89. The van der Waals surface area contributed by atoms with Crippen molar-refractivity contribution in [1.82, 2.24) is 5.06 Å². The molecule has 2 rings (SSSR count). The van der Waals surface area contributed by atoms with Crippen molar-refractivity contribution in [3.63, 3.8) is 0 Å². The molecule has 3 atom stereocenters. The zero-order valence-corrected chi connectivity index (χ0v) is 12.9. The Bertz CT molecular complexity index is 384. The Balaban J connectivity index is 2.18. The number of amides is 2. The molecule has 1 aliphatic heterocycles. The Hall–Kier alpha value is -0.790. The molecule has 1 saturated heterocycles. The number of imide groups is 1. The molecule has 120 valence electrons. The van der Waals surface area contributed by atoms with Crippen molar-refractivity contribution in [2.24, 2.45) is 11.8 Å². The van der Waals surface area contributed by atoms with Crippen LogP contribution in [0, 0.1) is 11.8 Å². The number of carbonyl (C=O) groups excluding carboxylic acids is 2. The van der Waals surface area contributed by atoms with Crippen LogP contribution in [0.5, 0.6) is 0 Å². The molecular weight excluding hydrogens is 294 g/mol. The van der Waals surface area contributed by atoms with E-state index in [4.69, 9.17) is 0 Å². The van der Waals surface area contributed by atoms with Gasteiger partial charge in [-0.3, -0.25) is 9.59 Å². The lowest BCUT2D eigenvalue weighted by Gasteiger charge is -2.23. The number of hydrogen-bond acceptors (Lipinski definition) is 5. The van der Waals surface area contributed by atoms with Crippen LogP contribution in [-0.4, -0.2) is 25.6 Å². The second kappa shape index (κ2) is 8.00. The van der Waals surface area contributed by atoms with E-state index in [-0.39, 0.29) is 11.8 Å². The summed E-state index contributed by atoms with van der Waals surface area (Å²) in [5, 5.41) is 0.503. The van der Waals surface area contributed by atoms with E-state index in [1.807, 2.05) is 0 Å². The van der Waals surface area contributed by atoms with E-state index in [1.54, 1.807) is 0 Å². The molecule has 6 nitrogen and oxygen atoms in total. The molecule has 0 spiro atoms. The molecule has 0 radical (unpaired) electrons. The monoisotopic (exact) mass is 316 g/mol. The number of rotatable bonds is 2. The highest BCUT2D eigenvalue weighted by Crippen LogP contribution is 2.31. The predicted octanol–water partition coefficient (Wildman–Crippen LogP) is 2.23. The number of hydroxylamine groups is 2. The fraction of sp³-hybridized carbons (Fsp3) is 0.857. The standard InChI is InChI=1S/C14H23NO5S/c16-13-11-7-5-3-1-2-4-6-8-12(10-9-11)14(17)15(13)20-21(18)19/h11-12H,1-10H2,(H,18,19)/p-1/t11-,12?/m0/s1. The number of carbonyl (C=O) groups is 2.